The maximum Gasteiger partial charge on any atom is 0.119 e. The maximum absolute atomic E-state index is 5.45. The predicted molar refractivity (Wildman–Crippen MR) is 88.7 cm³/mol. The first kappa shape index (κ1) is 15.6. The summed E-state index contributed by atoms with van der Waals surface area (Å²) in [7, 11) is 0. The Morgan fingerprint density at radius 2 is 1.67 bits per heavy atom. The second-order valence-electron chi connectivity index (χ2n) is 5.38. The van der Waals surface area contributed by atoms with Crippen molar-refractivity contribution in [3.8, 4) is 5.75 Å². The second kappa shape index (κ2) is 8.48. The summed E-state index contributed by atoms with van der Waals surface area (Å²) in [5.41, 5.74) is 2.71. The molecule has 2 aromatic rings. The fraction of sp³-hybridized carbons (Fsp3) is 0.368. The highest BCUT2D eigenvalue weighted by atomic mass is 16.5. The Hall–Kier alpha value is -1.80. The average Bonchev–Trinajstić information content (AvgIpc) is 2.53. The smallest absolute Gasteiger partial charge is 0.119 e. The highest BCUT2D eigenvalue weighted by Gasteiger charge is 2.02. The van der Waals surface area contributed by atoms with Gasteiger partial charge in [-0.2, -0.15) is 0 Å². The Morgan fingerprint density at radius 3 is 2.33 bits per heavy atom. The van der Waals surface area contributed by atoms with Gasteiger partial charge in [-0.25, -0.2) is 0 Å². The minimum absolute atomic E-state index is 0.511. The Bertz CT molecular complexity index is 507. The van der Waals surface area contributed by atoms with Crippen molar-refractivity contribution >= 4 is 0 Å². The zero-order chi connectivity index (χ0) is 14.9. The van der Waals surface area contributed by atoms with Gasteiger partial charge in [-0.05, 0) is 49.9 Å². The van der Waals surface area contributed by atoms with Crippen LogP contribution in [0.4, 0.5) is 0 Å². The van der Waals surface area contributed by atoms with Crippen LogP contribution in [0.5, 0.6) is 5.75 Å². The molecule has 2 aromatic carbocycles. The fourth-order valence-electron chi connectivity index (χ4n) is 2.29. The standard InChI is InChI=1S/C19H25NO/c1-3-21-19-13-11-18(12-14-19)15-20-16(2)9-10-17-7-5-4-6-8-17/h4-8,11-14,16,20H,3,9-10,15H2,1-2H3. The van der Waals surface area contributed by atoms with E-state index in [9.17, 15) is 0 Å². The van der Waals surface area contributed by atoms with Gasteiger partial charge in [0, 0.05) is 12.6 Å². The van der Waals surface area contributed by atoms with Crippen molar-refractivity contribution in [2.45, 2.75) is 39.3 Å². The van der Waals surface area contributed by atoms with Crippen LogP contribution in [0.3, 0.4) is 0 Å². The lowest BCUT2D eigenvalue weighted by Crippen LogP contribution is -2.25. The van der Waals surface area contributed by atoms with E-state index in [0.717, 1.165) is 25.1 Å². The molecule has 112 valence electrons. The van der Waals surface area contributed by atoms with Gasteiger partial charge in [0.1, 0.15) is 5.75 Å². The van der Waals surface area contributed by atoms with Gasteiger partial charge in [0.05, 0.1) is 6.61 Å². The van der Waals surface area contributed by atoms with Crippen molar-refractivity contribution in [3.05, 3.63) is 65.7 Å². The summed E-state index contributed by atoms with van der Waals surface area (Å²) in [6, 6.07) is 19.5. The first-order valence-corrected chi connectivity index (χ1v) is 7.77. The quantitative estimate of drug-likeness (QED) is 0.784. The lowest BCUT2D eigenvalue weighted by atomic mass is 10.1. The van der Waals surface area contributed by atoms with E-state index in [1.54, 1.807) is 0 Å². The molecule has 0 amide bonds. The van der Waals surface area contributed by atoms with E-state index in [1.165, 1.54) is 11.1 Å². The molecule has 0 aliphatic heterocycles. The third-order valence-electron chi connectivity index (χ3n) is 3.60. The van der Waals surface area contributed by atoms with E-state index in [4.69, 9.17) is 4.74 Å². The van der Waals surface area contributed by atoms with E-state index in [1.807, 2.05) is 19.1 Å². The maximum atomic E-state index is 5.45. The minimum atomic E-state index is 0.511. The number of nitrogens with one attached hydrogen (secondary N) is 1. The van der Waals surface area contributed by atoms with Gasteiger partial charge < -0.3 is 10.1 Å². The number of hydrogen-bond donors (Lipinski definition) is 1. The Labute approximate surface area is 128 Å². The van der Waals surface area contributed by atoms with E-state index in [2.05, 4.69) is 54.7 Å². The summed E-state index contributed by atoms with van der Waals surface area (Å²) in [6.45, 7) is 5.87. The second-order valence-corrected chi connectivity index (χ2v) is 5.38. The van der Waals surface area contributed by atoms with Crippen molar-refractivity contribution in [2.24, 2.45) is 0 Å². The van der Waals surface area contributed by atoms with Crippen LogP contribution in [0.1, 0.15) is 31.4 Å². The molecule has 0 aromatic heterocycles. The van der Waals surface area contributed by atoms with Crippen LogP contribution in [-0.2, 0) is 13.0 Å². The van der Waals surface area contributed by atoms with Gasteiger partial charge in [0.25, 0.3) is 0 Å². The van der Waals surface area contributed by atoms with Crippen molar-refractivity contribution in [1.29, 1.82) is 0 Å². The molecule has 0 saturated carbocycles. The van der Waals surface area contributed by atoms with Crippen LogP contribution in [0.25, 0.3) is 0 Å². The molecule has 0 heterocycles. The van der Waals surface area contributed by atoms with Gasteiger partial charge in [-0.1, -0.05) is 42.5 Å². The van der Waals surface area contributed by atoms with Gasteiger partial charge in [0.15, 0.2) is 0 Å². The molecule has 0 aliphatic rings. The van der Waals surface area contributed by atoms with Gasteiger partial charge >= 0.3 is 0 Å². The van der Waals surface area contributed by atoms with E-state index in [0.29, 0.717) is 12.6 Å². The Kier molecular flexibility index (Phi) is 6.29. The van der Waals surface area contributed by atoms with Crippen molar-refractivity contribution in [2.75, 3.05) is 6.61 Å². The largest absolute Gasteiger partial charge is 0.494 e. The van der Waals surface area contributed by atoms with Crippen LogP contribution in [0.15, 0.2) is 54.6 Å². The molecule has 1 N–H and O–H groups in total. The summed E-state index contributed by atoms with van der Waals surface area (Å²) in [4.78, 5) is 0. The zero-order valence-corrected chi connectivity index (χ0v) is 13.0. The van der Waals surface area contributed by atoms with Gasteiger partial charge in [-0.15, -0.1) is 0 Å². The predicted octanol–water partition coefficient (Wildman–Crippen LogP) is 4.20. The summed E-state index contributed by atoms with van der Waals surface area (Å²) in [5, 5.41) is 3.58. The summed E-state index contributed by atoms with van der Waals surface area (Å²) in [5.74, 6) is 0.943. The fourth-order valence-corrected chi connectivity index (χ4v) is 2.29. The SMILES string of the molecule is CCOc1ccc(CNC(C)CCc2ccccc2)cc1. The van der Waals surface area contributed by atoms with Crippen LogP contribution < -0.4 is 10.1 Å². The van der Waals surface area contributed by atoms with Gasteiger partial charge in [-0.3, -0.25) is 0 Å². The van der Waals surface area contributed by atoms with E-state index >= 15 is 0 Å². The third kappa shape index (κ3) is 5.60. The lowest BCUT2D eigenvalue weighted by Gasteiger charge is -2.14. The average molecular weight is 283 g/mol. The summed E-state index contributed by atoms with van der Waals surface area (Å²) < 4.78 is 5.45. The zero-order valence-electron chi connectivity index (χ0n) is 13.0. The van der Waals surface area contributed by atoms with E-state index in [-0.39, 0.29) is 0 Å². The highest BCUT2D eigenvalue weighted by Crippen LogP contribution is 2.12. The van der Waals surface area contributed by atoms with Crippen molar-refractivity contribution in [3.63, 3.8) is 0 Å². The molecule has 0 bridgehead atoms. The molecule has 1 unspecified atom stereocenters. The van der Waals surface area contributed by atoms with Crippen molar-refractivity contribution < 1.29 is 4.74 Å². The first-order chi connectivity index (χ1) is 10.3. The monoisotopic (exact) mass is 283 g/mol. The molecule has 0 radical (unpaired) electrons. The van der Waals surface area contributed by atoms with Gasteiger partial charge in [0.2, 0.25) is 0 Å². The highest BCUT2D eigenvalue weighted by molar-refractivity contribution is 5.27. The lowest BCUT2D eigenvalue weighted by molar-refractivity contribution is 0.340. The number of hydrogen-bond acceptors (Lipinski definition) is 2. The molecule has 0 aliphatic carbocycles. The van der Waals surface area contributed by atoms with Crippen LogP contribution in [0, 0.1) is 0 Å². The molecular formula is C19H25NO. The molecule has 1 atom stereocenters. The Morgan fingerprint density at radius 1 is 0.952 bits per heavy atom. The topological polar surface area (TPSA) is 21.3 Å². The molecular weight excluding hydrogens is 258 g/mol. The Balaban J connectivity index is 1.72. The van der Waals surface area contributed by atoms with Crippen molar-refractivity contribution in [1.82, 2.24) is 5.32 Å². The third-order valence-corrected chi connectivity index (χ3v) is 3.60. The number of ether oxygens (including phenoxy) is 1. The molecule has 2 rings (SSSR count). The molecule has 21 heavy (non-hydrogen) atoms. The molecule has 0 spiro atoms. The number of benzene rings is 2. The minimum Gasteiger partial charge on any atom is -0.494 e. The molecule has 0 saturated heterocycles. The number of rotatable bonds is 8. The number of aryl methyl sites for hydroxylation is 1. The summed E-state index contributed by atoms with van der Waals surface area (Å²) in [6.07, 6.45) is 2.28. The normalized spacial score (nSPS) is 12.1. The molecule has 0 fully saturated rings. The molecule has 2 nitrogen and oxygen atoms in total. The first-order valence-electron chi connectivity index (χ1n) is 7.77. The summed E-state index contributed by atoms with van der Waals surface area (Å²) >= 11 is 0. The van der Waals surface area contributed by atoms with Crippen LogP contribution >= 0.6 is 0 Å². The van der Waals surface area contributed by atoms with Crippen LogP contribution in [0.2, 0.25) is 0 Å². The molecule has 2 heteroatoms. The van der Waals surface area contributed by atoms with E-state index < -0.39 is 0 Å². The van der Waals surface area contributed by atoms with Crippen LogP contribution in [-0.4, -0.2) is 12.6 Å².